The van der Waals surface area contributed by atoms with Crippen molar-refractivity contribution in [2.45, 2.75) is 32.6 Å². The number of ether oxygens (including phenoxy) is 1. The Morgan fingerprint density at radius 1 is 0.676 bits per heavy atom. The maximum absolute atomic E-state index is 6.25. The molecule has 0 fully saturated rings. The Morgan fingerprint density at radius 3 is 2.21 bits per heavy atom. The molecule has 1 aromatic heterocycles. The van der Waals surface area contributed by atoms with Crippen LogP contribution in [-0.4, -0.2) is 11.6 Å². The van der Waals surface area contributed by atoms with Gasteiger partial charge in [0, 0.05) is 10.8 Å². The highest BCUT2D eigenvalue weighted by Crippen LogP contribution is 2.29. The fourth-order valence-electron chi connectivity index (χ4n) is 4.50. The van der Waals surface area contributed by atoms with Gasteiger partial charge in [0.05, 0.1) is 12.1 Å². The van der Waals surface area contributed by atoms with Crippen LogP contribution in [0, 0.1) is 6.92 Å². The average molecular weight is 447 g/mol. The van der Waals surface area contributed by atoms with Crippen molar-refractivity contribution in [1.29, 1.82) is 0 Å². The first-order valence-corrected chi connectivity index (χ1v) is 12.0. The lowest BCUT2D eigenvalue weighted by molar-refractivity contribution is 0.311. The summed E-state index contributed by atoms with van der Waals surface area (Å²) in [5.41, 5.74) is 12.4. The normalized spacial score (nSPS) is 11.2. The van der Waals surface area contributed by atoms with Crippen molar-refractivity contribution >= 4 is 27.5 Å². The van der Waals surface area contributed by atoms with Gasteiger partial charge in [0.2, 0.25) is 0 Å². The van der Waals surface area contributed by atoms with Gasteiger partial charge in [-0.3, -0.25) is 0 Å². The quantitative estimate of drug-likeness (QED) is 0.205. The van der Waals surface area contributed by atoms with Crippen molar-refractivity contribution in [2.24, 2.45) is 0 Å². The smallest absolute Gasteiger partial charge is 0.131 e. The standard InChI is InChI=1S/C31H30N2O/c1-22-9-17-27-29-21-25(14-18-28(29)31(32)33-30(27)20-22)11-10-24-12-15-26(16-13-24)34-19-5-8-23-6-3-2-4-7-23/h2-4,6-7,9,12-18,20-21H,5,8,10-11,19H2,1H3,(H2,32,33). The first kappa shape index (κ1) is 22.0. The molecule has 5 aromatic rings. The van der Waals surface area contributed by atoms with Crippen molar-refractivity contribution in [1.82, 2.24) is 4.98 Å². The first-order chi connectivity index (χ1) is 16.7. The maximum atomic E-state index is 6.25. The average Bonchev–Trinajstić information content (AvgIpc) is 2.86. The largest absolute Gasteiger partial charge is 0.494 e. The minimum atomic E-state index is 0.596. The Kier molecular flexibility index (Phi) is 6.44. The molecule has 0 bridgehead atoms. The van der Waals surface area contributed by atoms with Crippen LogP contribution in [0.2, 0.25) is 0 Å². The van der Waals surface area contributed by atoms with Gasteiger partial charge in [0.25, 0.3) is 0 Å². The number of hydrogen-bond donors (Lipinski definition) is 1. The van der Waals surface area contributed by atoms with E-state index < -0.39 is 0 Å². The Labute approximate surface area is 201 Å². The minimum Gasteiger partial charge on any atom is -0.494 e. The molecule has 0 atom stereocenters. The summed E-state index contributed by atoms with van der Waals surface area (Å²) in [6.45, 7) is 2.82. The van der Waals surface area contributed by atoms with Gasteiger partial charge in [0.1, 0.15) is 11.6 Å². The highest BCUT2D eigenvalue weighted by molar-refractivity contribution is 6.10. The van der Waals surface area contributed by atoms with Gasteiger partial charge in [-0.15, -0.1) is 0 Å². The molecule has 34 heavy (non-hydrogen) atoms. The molecule has 0 radical (unpaired) electrons. The Balaban J connectivity index is 1.21. The second-order valence-corrected chi connectivity index (χ2v) is 8.98. The molecule has 0 aliphatic heterocycles. The zero-order valence-corrected chi connectivity index (χ0v) is 19.6. The third kappa shape index (κ3) is 5.04. The summed E-state index contributed by atoms with van der Waals surface area (Å²) in [5, 5.41) is 3.36. The van der Waals surface area contributed by atoms with Gasteiger partial charge in [-0.25, -0.2) is 4.98 Å². The number of benzene rings is 4. The SMILES string of the molecule is Cc1ccc2c(c1)nc(N)c1ccc(CCc3ccc(OCCCc4ccccc4)cc3)cc12. The molecule has 170 valence electrons. The fourth-order valence-corrected chi connectivity index (χ4v) is 4.50. The van der Waals surface area contributed by atoms with Crippen LogP contribution in [0.3, 0.4) is 0 Å². The number of pyridine rings is 1. The van der Waals surface area contributed by atoms with Crippen molar-refractivity contribution < 1.29 is 4.74 Å². The highest BCUT2D eigenvalue weighted by Gasteiger charge is 2.08. The molecule has 0 aliphatic rings. The van der Waals surface area contributed by atoms with E-state index in [0.29, 0.717) is 5.82 Å². The van der Waals surface area contributed by atoms with E-state index >= 15 is 0 Å². The number of fused-ring (bicyclic) bond motifs is 3. The monoisotopic (exact) mass is 446 g/mol. The van der Waals surface area contributed by atoms with Gasteiger partial charge in [-0.2, -0.15) is 0 Å². The number of nitrogens with zero attached hydrogens (tertiary/aromatic N) is 1. The topological polar surface area (TPSA) is 48.1 Å². The number of nitrogens with two attached hydrogens (primary N) is 1. The summed E-state index contributed by atoms with van der Waals surface area (Å²) in [7, 11) is 0. The molecule has 0 spiro atoms. The Morgan fingerprint density at radius 2 is 1.38 bits per heavy atom. The molecule has 1 heterocycles. The number of aryl methyl sites for hydroxylation is 4. The zero-order valence-electron chi connectivity index (χ0n) is 19.6. The lowest BCUT2D eigenvalue weighted by Crippen LogP contribution is -1.99. The third-order valence-electron chi connectivity index (χ3n) is 6.39. The second kappa shape index (κ2) is 9.96. The molecule has 0 aliphatic carbocycles. The van der Waals surface area contributed by atoms with Crippen molar-refractivity contribution in [3.63, 3.8) is 0 Å². The number of aromatic nitrogens is 1. The molecular weight excluding hydrogens is 416 g/mol. The van der Waals surface area contributed by atoms with Crippen molar-refractivity contribution in [3.8, 4) is 5.75 Å². The summed E-state index contributed by atoms with van der Waals surface area (Å²) in [6.07, 6.45) is 4.02. The third-order valence-corrected chi connectivity index (χ3v) is 6.39. The molecular formula is C31H30N2O. The van der Waals surface area contributed by atoms with Crippen LogP contribution in [0.1, 0.15) is 28.7 Å². The molecule has 0 saturated carbocycles. The van der Waals surface area contributed by atoms with E-state index in [1.165, 1.54) is 27.6 Å². The Hall–Kier alpha value is -3.85. The van der Waals surface area contributed by atoms with Gasteiger partial charge < -0.3 is 10.5 Å². The molecule has 0 saturated heterocycles. The first-order valence-electron chi connectivity index (χ1n) is 12.0. The van der Waals surface area contributed by atoms with E-state index in [0.717, 1.165) is 54.3 Å². The predicted octanol–water partition coefficient (Wildman–Crippen LogP) is 7.08. The number of anilines is 1. The molecule has 2 N–H and O–H groups in total. The van der Waals surface area contributed by atoms with Gasteiger partial charge >= 0.3 is 0 Å². The lowest BCUT2D eigenvalue weighted by atomic mass is 9.98. The number of rotatable bonds is 8. The van der Waals surface area contributed by atoms with Crippen LogP contribution < -0.4 is 10.5 Å². The van der Waals surface area contributed by atoms with E-state index in [-0.39, 0.29) is 0 Å². The van der Waals surface area contributed by atoms with E-state index in [1.807, 2.05) is 0 Å². The zero-order chi connectivity index (χ0) is 23.3. The number of nitrogen functional groups attached to an aromatic ring is 1. The fraction of sp³-hybridized carbons (Fsp3) is 0.194. The van der Waals surface area contributed by atoms with E-state index in [4.69, 9.17) is 10.5 Å². The Bertz CT molecular complexity index is 1410. The van der Waals surface area contributed by atoms with Crippen LogP contribution in [0.4, 0.5) is 5.82 Å². The molecule has 3 nitrogen and oxygen atoms in total. The maximum Gasteiger partial charge on any atom is 0.131 e. The van der Waals surface area contributed by atoms with E-state index in [1.54, 1.807) is 0 Å². The van der Waals surface area contributed by atoms with Crippen LogP contribution in [-0.2, 0) is 19.3 Å². The van der Waals surface area contributed by atoms with Crippen molar-refractivity contribution in [2.75, 3.05) is 12.3 Å². The van der Waals surface area contributed by atoms with E-state index in [9.17, 15) is 0 Å². The minimum absolute atomic E-state index is 0.596. The molecule has 4 aromatic carbocycles. The highest BCUT2D eigenvalue weighted by atomic mass is 16.5. The van der Waals surface area contributed by atoms with Crippen LogP contribution in [0.5, 0.6) is 5.75 Å². The predicted molar refractivity (Wildman–Crippen MR) is 143 cm³/mol. The summed E-state index contributed by atoms with van der Waals surface area (Å²) in [4.78, 5) is 4.60. The van der Waals surface area contributed by atoms with Crippen LogP contribution >= 0.6 is 0 Å². The van der Waals surface area contributed by atoms with Gasteiger partial charge in [-0.1, -0.05) is 72.8 Å². The number of hydrogen-bond acceptors (Lipinski definition) is 3. The molecule has 0 amide bonds. The van der Waals surface area contributed by atoms with E-state index in [2.05, 4.69) is 103 Å². The van der Waals surface area contributed by atoms with Crippen molar-refractivity contribution in [3.05, 3.63) is 113 Å². The van der Waals surface area contributed by atoms with Crippen LogP contribution in [0.15, 0.2) is 91.0 Å². The molecule has 3 heteroatoms. The molecule has 0 unspecified atom stereocenters. The van der Waals surface area contributed by atoms with Gasteiger partial charge in [-0.05, 0) is 78.4 Å². The summed E-state index contributed by atoms with van der Waals surface area (Å²) < 4.78 is 5.94. The second-order valence-electron chi connectivity index (χ2n) is 8.98. The summed E-state index contributed by atoms with van der Waals surface area (Å²) in [5.74, 6) is 1.53. The van der Waals surface area contributed by atoms with Gasteiger partial charge in [0.15, 0.2) is 0 Å². The summed E-state index contributed by atoms with van der Waals surface area (Å²) >= 11 is 0. The summed E-state index contributed by atoms with van der Waals surface area (Å²) in [6, 6.07) is 32.0. The molecule has 5 rings (SSSR count). The van der Waals surface area contributed by atoms with Crippen LogP contribution in [0.25, 0.3) is 21.7 Å². The lowest BCUT2D eigenvalue weighted by Gasteiger charge is -2.10.